The molecule has 7 nitrogen and oxygen atoms in total. The van der Waals surface area contributed by atoms with Crippen molar-refractivity contribution in [1.82, 2.24) is 25.7 Å². The molecule has 0 spiro atoms. The number of hydrogen-bond acceptors (Lipinski definition) is 6. The standard InChI is InChI=1S/C20H18F2N6O/c1-11(24-13-9-20(21,22)10-13)7-16-14-5-4-12(8-17(14)29-28-16)25-19-18-15(26-27-19)3-2-6-23-18/h2-6,8,13,24H,1,7,9-10H2,(H2,25,26,27). The third-order valence-electron chi connectivity index (χ3n) is 5.01. The number of fused-ring (bicyclic) bond motifs is 2. The highest BCUT2D eigenvalue weighted by Crippen LogP contribution is 2.38. The van der Waals surface area contributed by atoms with Crippen LogP contribution in [0.4, 0.5) is 20.3 Å². The zero-order chi connectivity index (χ0) is 20.0. The van der Waals surface area contributed by atoms with Gasteiger partial charge < -0.3 is 15.2 Å². The fraction of sp³-hybridized carbons (Fsp3) is 0.250. The molecule has 148 valence electrons. The Morgan fingerprint density at radius 3 is 3.00 bits per heavy atom. The lowest BCUT2D eigenvalue weighted by Gasteiger charge is -2.36. The summed E-state index contributed by atoms with van der Waals surface area (Å²) in [7, 11) is 0. The first-order chi connectivity index (χ1) is 14.0. The monoisotopic (exact) mass is 396 g/mol. The Bertz CT molecular complexity index is 1210. The number of benzene rings is 1. The topological polar surface area (TPSA) is 91.7 Å². The first kappa shape index (κ1) is 17.6. The number of nitrogens with one attached hydrogen (secondary N) is 3. The minimum atomic E-state index is -2.56. The minimum Gasteiger partial charge on any atom is -0.385 e. The number of pyridine rings is 1. The summed E-state index contributed by atoms with van der Waals surface area (Å²) in [6, 6.07) is 9.14. The molecule has 0 amide bonds. The van der Waals surface area contributed by atoms with Crippen molar-refractivity contribution in [2.24, 2.45) is 0 Å². The van der Waals surface area contributed by atoms with E-state index in [9.17, 15) is 8.78 Å². The number of rotatable bonds is 6. The average Bonchev–Trinajstić information content (AvgIpc) is 3.25. The van der Waals surface area contributed by atoms with Crippen LogP contribution < -0.4 is 10.6 Å². The first-order valence-electron chi connectivity index (χ1n) is 9.23. The van der Waals surface area contributed by atoms with E-state index in [2.05, 4.69) is 37.6 Å². The molecule has 0 radical (unpaired) electrons. The van der Waals surface area contributed by atoms with Crippen LogP contribution >= 0.6 is 0 Å². The number of allylic oxidation sites excluding steroid dienone is 1. The maximum Gasteiger partial charge on any atom is 0.252 e. The van der Waals surface area contributed by atoms with Crippen LogP contribution in [0.5, 0.6) is 0 Å². The van der Waals surface area contributed by atoms with Gasteiger partial charge in [0.1, 0.15) is 5.52 Å². The van der Waals surface area contributed by atoms with E-state index >= 15 is 0 Å². The highest BCUT2D eigenvalue weighted by atomic mass is 19.3. The first-order valence-corrected chi connectivity index (χ1v) is 9.23. The molecule has 1 fully saturated rings. The molecule has 3 aromatic heterocycles. The highest BCUT2D eigenvalue weighted by Gasteiger charge is 2.45. The summed E-state index contributed by atoms with van der Waals surface area (Å²) in [6.07, 6.45) is 1.81. The largest absolute Gasteiger partial charge is 0.385 e. The summed E-state index contributed by atoms with van der Waals surface area (Å²) in [6.45, 7) is 3.93. The summed E-state index contributed by atoms with van der Waals surface area (Å²) >= 11 is 0. The zero-order valence-corrected chi connectivity index (χ0v) is 15.4. The van der Waals surface area contributed by atoms with E-state index in [1.165, 1.54) is 0 Å². The molecule has 1 aliphatic carbocycles. The number of anilines is 2. The molecule has 3 N–H and O–H groups in total. The van der Waals surface area contributed by atoms with Gasteiger partial charge in [-0.3, -0.25) is 10.1 Å². The van der Waals surface area contributed by atoms with Gasteiger partial charge in [0.15, 0.2) is 11.4 Å². The number of aromatic nitrogens is 4. The molecular formula is C20H18F2N6O. The quantitative estimate of drug-likeness (QED) is 0.450. The van der Waals surface area contributed by atoms with Crippen LogP contribution in [0, 0.1) is 0 Å². The second-order valence-electron chi connectivity index (χ2n) is 7.32. The highest BCUT2D eigenvalue weighted by molar-refractivity contribution is 5.89. The Hall–Kier alpha value is -3.49. The Balaban J connectivity index is 1.30. The lowest BCUT2D eigenvalue weighted by molar-refractivity contribution is -0.0906. The lowest BCUT2D eigenvalue weighted by atomic mass is 9.88. The van der Waals surface area contributed by atoms with Crippen LogP contribution in [0.2, 0.25) is 0 Å². The van der Waals surface area contributed by atoms with Crippen LogP contribution in [-0.4, -0.2) is 32.3 Å². The van der Waals surface area contributed by atoms with Gasteiger partial charge in [-0.1, -0.05) is 11.7 Å². The fourth-order valence-corrected chi connectivity index (χ4v) is 3.58. The predicted octanol–water partition coefficient (Wildman–Crippen LogP) is 4.29. The van der Waals surface area contributed by atoms with E-state index in [1.807, 2.05) is 30.3 Å². The lowest BCUT2D eigenvalue weighted by Crippen LogP contribution is -2.48. The number of halogens is 2. The molecule has 1 aromatic carbocycles. The van der Waals surface area contributed by atoms with Gasteiger partial charge in [0, 0.05) is 54.3 Å². The van der Waals surface area contributed by atoms with E-state index in [4.69, 9.17) is 4.52 Å². The van der Waals surface area contributed by atoms with Gasteiger partial charge >= 0.3 is 0 Å². The summed E-state index contributed by atoms with van der Waals surface area (Å²) < 4.78 is 31.4. The van der Waals surface area contributed by atoms with Gasteiger partial charge in [0.2, 0.25) is 0 Å². The Labute approximate surface area is 164 Å². The second-order valence-corrected chi connectivity index (χ2v) is 7.32. The number of nitrogens with zero attached hydrogens (tertiary/aromatic N) is 3. The smallest absolute Gasteiger partial charge is 0.252 e. The van der Waals surface area contributed by atoms with Crippen molar-refractivity contribution in [3.05, 3.63) is 54.5 Å². The van der Waals surface area contributed by atoms with Crippen LogP contribution in [0.15, 0.2) is 53.3 Å². The van der Waals surface area contributed by atoms with Gasteiger partial charge in [-0.05, 0) is 24.3 Å². The van der Waals surface area contributed by atoms with E-state index in [1.54, 1.807) is 6.20 Å². The Morgan fingerprint density at radius 2 is 2.17 bits per heavy atom. The minimum absolute atomic E-state index is 0.155. The summed E-state index contributed by atoms with van der Waals surface area (Å²) in [5.74, 6) is -1.94. The third kappa shape index (κ3) is 3.39. The molecule has 5 rings (SSSR count). The molecule has 0 aliphatic heterocycles. The molecule has 3 heterocycles. The van der Waals surface area contributed by atoms with Crippen molar-refractivity contribution in [2.75, 3.05) is 5.32 Å². The Kier molecular flexibility index (Phi) is 3.97. The number of aromatic amines is 1. The van der Waals surface area contributed by atoms with Gasteiger partial charge in [0.05, 0.1) is 11.2 Å². The normalized spacial score (nSPS) is 16.1. The molecule has 1 saturated carbocycles. The number of H-pyrrole nitrogens is 1. The SMILES string of the molecule is C=C(Cc1noc2cc(Nc3n[nH]c4cccnc34)ccc12)NC1CC(F)(F)C1. The van der Waals surface area contributed by atoms with Crippen molar-refractivity contribution in [1.29, 1.82) is 0 Å². The van der Waals surface area contributed by atoms with Crippen LogP contribution in [0.1, 0.15) is 18.5 Å². The summed E-state index contributed by atoms with van der Waals surface area (Å²) in [4.78, 5) is 4.33. The maximum atomic E-state index is 13.0. The van der Waals surface area contributed by atoms with Gasteiger partial charge in [-0.2, -0.15) is 5.10 Å². The van der Waals surface area contributed by atoms with Gasteiger partial charge in [0.25, 0.3) is 5.92 Å². The van der Waals surface area contributed by atoms with Crippen molar-refractivity contribution >= 4 is 33.5 Å². The van der Waals surface area contributed by atoms with Gasteiger partial charge in [-0.25, -0.2) is 8.78 Å². The van der Waals surface area contributed by atoms with Gasteiger partial charge in [-0.15, -0.1) is 0 Å². The van der Waals surface area contributed by atoms with E-state index in [0.29, 0.717) is 29.2 Å². The molecule has 0 unspecified atom stereocenters. The van der Waals surface area contributed by atoms with E-state index in [-0.39, 0.29) is 18.9 Å². The van der Waals surface area contributed by atoms with Crippen molar-refractivity contribution in [3.63, 3.8) is 0 Å². The molecule has 0 saturated heterocycles. The number of alkyl halides is 2. The fourth-order valence-electron chi connectivity index (χ4n) is 3.58. The van der Waals surface area contributed by atoms with E-state index in [0.717, 1.165) is 22.1 Å². The predicted molar refractivity (Wildman–Crippen MR) is 105 cm³/mol. The molecule has 29 heavy (non-hydrogen) atoms. The van der Waals surface area contributed by atoms with E-state index < -0.39 is 5.92 Å². The molecule has 0 bridgehead atoms. The molecular weight excluding hydrogens is 378 g/mol. The summed E-state index contributed by atoms with van der Waals surface area (Å²) in [5, 5.41) is 18.4. The third-order valence-corrected chi connectivity index (χ3v) is 5.01. The van der Waals surface area contributed by atoms with Crippen LogP contribution in [0.25, 0.3) is 22.0 Å². The average molecular weight is 396 g/mol. The van der Waals surface area contributed by atoms with Crippen LogP contribution in [0.3, 0.4) is 0 Å². The van der Waals surface area contributed by atoms with Crippen LogP contribution in [-0.2, 0) is 6.42 Å². The van der Waals surface area contributed by atoms with Crippen molar-refractivity contribution in [3.8, 4) is 0 Å². The molecule has 4 aromatic rings. The Morgan fingerprint density at radius 1 is 1.31 bits per heavy atom. The van der Waals surface area contributed by atoms with Crippen molar-refractivity contribution < 1.29 is 13.3 Å². The summed E-state index contributed by atoms with van der Waals surface area (Å²) in [5.41, 5.74) is 4.34. The second kappa shape index (κ2) is 6.54. The molecule has 1 aliphatic rings. The molecule has 0 atom stereocenters. The van der Waals surface area contributed by atoms with Crippen molar-refractivity contribution in [2.45, 2.75) is 31.2 Å². The number of hydrogen-bond donors (Lipinski definition) is 3. The maximum absolute atomic E-state index is 13.0. The zero-order valence-electron chi connectivity index (χ0n) is 15.4. The molecule has 9 heteroatoms.